The van der Waals surface area contributed by atoms with E-state index in [1.54, 1.807) is 25.3 Å². The molecule has 0 bridgehead atoms. The van der Waals surface area contributed by atoms with Gasteiger partial charge in [0.1, 0.15) is 16.9 Å². The first-order chi connectivity index (χ1) is 21.2. The number of carboxylic acid groups (broad SMARTS) is 1. The number of amides is 1. The summed E-state index contributed by atoms with van der Waals surface area (Å²) in [6, 6.07) is 7.48. The number of carbonyl (C=O) groups excluding carboxylic acids is 1. The van der Waals surface area contributed by atoms with Crippen LogP contribution in [0.25, 0.3) is 22.4 Å². The highest BCUT2D eigenvalue weighted by atomic mass is 19.4. The van der Waals surface area contributed by atoms with Crippen molar-refractivity contribution in [3.63, 3.8) is 0 Å². The predicted octanol–water partition coefficient (Wildman–Crippen LogP) is 5.69. The van der Waals surface area contributed by atoms with Crippen molar-refractivity contribution in [2.75, 3.05) is 37.5 Å². The second-order valence-corrected chi connectivity index (χ2v) is 12.1. The van der Waals surface area contributed by atoms with Crippen LogP contribution in [0, 0.1) is 5.41 Å². The zero-order valence-electron chi connectivity index (χ0n) is 25.3. The normalized spacial score (nSPS) is 13.7. The quantitative estimate of drug-likeness (QED) is 0.181. The van der Waals surface area contributed by atoms with Crippen LogP contribution >= 0.6 is 0 Å². The molecule has 4 aromatic heterocycles. The third-order valence-corrected chi connectivity index (χ3v) is 7.40. The first-order valence-electron chi connectivity index (χ1n) is 14.4. The van der Waals surface area contributed by atoms with Crippen molar-refractivity contribution in [1.82, 2.24) is 24.9 Å². The van der Waals surface area contributed by atoms with Gasteiger partial charge in [-0.25, -0.2) is 9.97 Å². The maximum absolute atomic E-state index is 13.8. The molecule has 0 saturated heterocycles. The first-order valence-corrected chi connectivity index (χ1v) is 14.4. The van der Waals surface area contributed by atoms with E-state index in [4.69, 9.17) is 9.84 Å². The standard InChI is InChI=1S/C31H34F3N7O4/c1-30(2,16-45-4)15-41(3)23-13-22(19-11-21(18-7-8-18)36-24(12-19)31(32,33)34)37-27-26(23)38-29(39-27)40-28(44)20-9-5-17(14-35-20)6-10-25(42)43/h5,9,11-14,18H,6-8,10,15-16H2,1-4H3,(H,42,43)(H2,37,38,39,40,44). The van der Waals surface area contributed by atoms with Gasteiger partial charge in [-0.05, 0) is 49.1 Å². The van der Waals surface area contributed by atoms with Gasteiger partial charge in [0, 0.05) is 55.9 Å². The summed E-state index contributed by atoms with van der Waals surface area (Å²) >= 11 is 0. The van der Waals surface area contributed by atoms with Gasteiger partial charge in [-0.2, -0.15) is 18.2 Å². The van der Waals surface area contributed by atoms with Crippen LogP contribution in [0.1, 0.15) is 66.5 Å². The highest BCUT2D eigenvalue weighted by Gasteiger charge is 2.36. The fraction of sp³-hybridized carbons (Fsp3) is 0.419. The molecule has 0 atom stereocenters. The van der Waals surface area contributed by atoms with E-state index < -0.39 is 23.7 Å². The number of aromatic amines is 1. The molecule has 3 N–H and O–H groups in total. The number of methoxy groups -OCH3 is 1. The minimum absolute atomic E-state index is 0.0150. The Kier molecular flexibility index (Phi) is 8.79. The fourth-order valence-corrected chi connectivity index (χ4v) is 5.21. The molecule has 0 unspecified atom stereocenters. The third kappa shape index (κ3) is 7.74. The summed E-state index contributed by atoms with van der Waals surface area (Å²) in [6.07, 6.45) is -1.39. The van der Waals surface area contributed by atoms with Crippen LogP contribution in [0.4, 0.5) is 24.8 Å². The van der Waals surface area contributed by atoms with Crippen molar-refractivity contribution in [3.05, 3.63) is 59.2 Å². The van der Waals surface area contributed by atoms with Gasteiger partial charge in [0.05, 0.1) is 18.0 Å². The number of nitrogens with zero attached hydrogens (tertiary/aromatic N) is 5. The van der Waals surface area contributed by atoms with E-state index in [0.29, 0.717) is 35.6 Å². The molecule has 0 spiro atoms. The van der Waals surface area contributed by atoms with E-state index in [-0.39, 0.29) is 52.7 Å². The number of imidazole rings is 1. The third-order valence-electron chi connectivity index (χ3n) is 7.40. The minimum Gasteiger partial charge on any atom is -0.481 e. The Morgan fingerprint density at radius 3 is 2.51 bits per heavy atom. The molecule has 4 aromatic rings. The van der Waals surface area contributed by atoms with Gasteiger partial charge < -0.3 is 19.7 Å². The molecule has 45 heavy (non-hydrogen) atoms. The lowest BCUT2D eigenvalue weighted by Crippen LogP contribution is -2.34. The smallest absolute Gasteiger partial charge is 0.433 e. The van der Waals surface area contributed by atoms with Crippen LogP contribution in [-0.4, -0.2) is 69.2 Å². The number of ether oxygens (including phenoxy) is 1. The first kappa shape index (κ1) is 31.8. The Bertz CT molecular complexity index is 1720. The van der Waals surface area contributed by atoms with Crippen LogP contribution in [0.2, 0.25) is 0 Å². The van der Waals surface area contributed by atoms with Crippen LogP contribution in [0.3, 0.4) is 0 Å². The average molecular weight is 626 g/mol. The Labute approximate surface area is 257 Å². The van der Waals surface area contributed by atoms with Crippen LogP contribution in [-0.2, 0) is 22.1 Å². The van der Waals surface area contributed by atoms with E-state index in [2.05, 4.69) is 30.2 Å². The number of hydrogen-bond acceptors (Lipinski definition) is 8. The number of carbonyl (C=O) groups is 2. The lowest BCUT2D eigenvalue weighted by Gasteiger charge is -2.31. The number of aryl methyl sites for hydroxylation is 1. The number of anilines is 2. The molecule has 1 amide bonds. The Hall–Kier alpha value is -4.59. The van der Waals surface area contributed by atoms with Gasteiger partial charge in [-0.1, -0.05) is 19.9 Å². The number of fused-ring (bicyclic) bond motifs is 1. The molecule has 14 heteroatoms. The Morgan fingerprint density at radius 1 is 1.13 bits per heavy atom. The summed E-state index contributed by atoms with van der Waals surface area (Å²) in [6.45, 7) is 5.06. The van der Waals surface area contributed by atoms with Crippen molar-refractivity contribution in [2.45, 2.75) is 51.6 Å². The van der Waals surface area contributed by atoms with E-state index >= 15 is 0 Å². The van der Waals surface area contributed by atoms with Gasteiger partial charge >= 0.3 is 12.1 Å². The Balaban J connectivity index is 1.52. The number of aromatic nitrogens is 5. The highest BCUT2D eigenvalue weighted by Crippen LogP contribution is 2.42. The molecule has 5 rings (SSSR count). The zero-order chi connectivity index (χ0) is 32.5. The number of pyridine rings is 3. The molecular formula is C31H34F3N7O4. The number of halogens is 3. The van der Waals surface area contributed by atoms with Gasteiger partial charge in [0.15, 0.2) is 5.65 Å². The number of aliphatic carboxylic acids is 1. The SMILES string of the molecule is COCC(C)(C)CN(C)c1cc(-c2cc(C3CC3)nc(C(F)(F)F)c2)nc2nc(NC(=O)c3ccc(CCC(=O)O)cn3)[nH]c12. The molecule has 1 fully saturated rings. The van der Waals surface area contributed by atoms with Crippen molar-refractivity contribution in [3.8, 4) is 11.3 Å². The second kappa shape index (κ2) is 12.4. The van der Waals surface area contributed by atoms with E-state index in [0.717, 1.165) is 18.9 Å². The van der Waals surface area contributed by atoms with Crippen LogP contribution in [0.5, 0.6) is 0 Å². The maximum atomic E-state index is 13.8. The number of carboxylic acids is 1. The summed E-state index contributed by atoms with van der Waals surface area (Å²) in [5.74, 6) is -1.43. The summed E-state index contributed by atoms with van der Waals surface area (Å²) in [7, 11) is 3.47. The summed E-state index contributed by atoms with van der Waals surface area (Å²) in [4.78, 5) is 46.0. The van der Waals surface area contributed by atoms with Crippen molar-refractivity contribution < 1.29 is 32.6 Å². The summed E-state index contributed by atoms with van der Waals surface area (Å²) < 4.78 is 46.9. The molecule has 11 nitrogen and oxygen atoms in total. The molecule has 1 saturated carbocycles. The van der Waals surface area contributed by atoms with Gasteiger partial charge in [-0.15, -0.1) is 0 Å². The lowest BCUT2D eigenvalue weighted by atomic mass is 9.94. The van der Waals surface area contributed by atoms with Gasteiger partial charge in [-0.3, -0.25) is 19.9 Å². The molecular weight excluding hydrogens is 591 g/mol. The maximum Gasteiger partial charge on any atom is 0.433 e. The summed E-state index contributed by atoms with van der Waals surface area (Å²) in [5.41, 5.74) is 1.74. The molecule has 0 aromatic carbocycles. The average Bonchev–Trinajstić information content (AvgIpc) is 3.74. The molecule has 0 radical (unpaired) electrons. The molecule has 1 aliphatic carbocycles. The Morgan fingerprint density at radius 2 is 1.89 bits per heavy atom. The molecule has 238 valence electrons. The zero-order valence-corrected chi connectivity index (χ0v) is 25.3. The number of nitrogens with one attached hydrogen (secondary N) is 2. The second-order valence-electron chi connectivity index (χ2n) is 12.1. The molecule has 0 aliphatic heterocycles. The predicted molar refractivity (Wildman–Crippen MR) is 161 cm³/mol. The molecule has 4 heterocycles. The van der Waals surface area contributed by atoms with E-state index in [1.165, 1.54) is 12.3 Å². The highest BCUT2D eigenvalue weighted by molar-refractivity contribution is 6.03. The number of alkyl halides is 3. The monoisotopic (exact) mass is 625 g/mol. The van der Waals surface area contributed by atoms with E-state index in [1.807, 2.05) is 25.8 Å². The van der Waals surface area contributed by atoms with Crippen molar-refractivity contribution >= 4 is 34.7 Å². The fourth-order valence-electron chi connectivity index (χ4n) is 5.21. The number of rotatable bonds is 12. The van der Waals surface area contributed by atoms with Gasteiger partial charge in [0.2, 0.25) is 5.95 Å². The van der Waals surface area contributed by atoms with Crippen molar-refractivity contribution in [2.24, 2.45) is 5.41 Å². The van der Waals surface area contributed by atoms with E-state index in [9.17, 15) is 22.8 Å². The van der Waals surface area contributed by atoms with Crippen LogP contribution < -0.4 is 10.2 Å². The summed E-state index contributed by atoms with van der Waals surface area (Å²) in [5, 5.41) is 11.6. The lowest BCUT2D eigenvalue weighted by molar-refractivity contribution is -0.141. The van der Waals surface area contributed by atoms with Gasteiger partial charge in [0.25, 0.3) is 5.91 Å². The topological polar surface area (TPSA) is 146 Å². The largest absolute Gasteiger partial charge is 0.481 e. The molecule has 1 aliphatic rings. The number of H-pyrrole nitrogens is 1. The van der Waals surface area contributed by atoms with Crippen LogP contribution in [0.15, 0.2) is 36.5 Å². The number of hydrogen-bond donors (Lipinski definition) is 3. The van der Waals surface area contributed by atoms with Crippen molar-refractivity contribution in [1.29, 1.82) is 0 Å². The minimum atomic E-state index is -4.63.